The Kier molecular flexibility index (Phi) is 5.65. The summed E-state index contributed by atoms with van der Waals surface area (Å²) in [6.07, 6.45) is 2.64. The van der Waals surface area contributed by atoms with Gasteiger partial charge in [-0.1, -0.05) is 18.1 Å². The molecule has 2 aromatic carbocycles. The van der Waals surface area contributed by atoms with Gasteiger partial charge in [0, 0.05) is 23.7 Å². The number of carbonyl (C=O) groups excluding carboxylic acids is 2. The number of methoxy groups -OCH3 is 1. The fourth-order valence-corrected chi connectivity index (χ4v) is 3.56. The second-order valence-electron chi connectivity index (χ2n) is 7.70. The lowest BCUT2D eigenvalue weighted by Gasteiger charge is -2.11. The van der Waals surface area contributed by atoms with Crippen molar-refractivity contribution in [2.75, 3.05) is 12.4 Å². The average Bonchev–Trinajstić information content (AvgIpc) is 3.10. The van der Waals surface area contributed by atoms with Crippen LogP contribution in [-0.2, 0) is 4.74 Å². The maximum Gasteiger partial charge on any atom is 0.338 e. The van der Waals surface area contributed by atoms with Crippen molar-refractivity contribution in [2.45, 2.75) is 27.2 Å². The molecular weight excluding hydrogens is 402 g/mol. The van der Waals surface area contributed by atoms with Crippen molar-refractivity contribution in [3.05, 3.63) is 87.7 Å². The summed E-state index contributed by atoms with van der Waals surface area (Å²) in [5, 5.41) is 7.40. The molecule has 0 unspecified atom stereocenters. The Labute approximate surface area is 186 Å². The summed E-state index contributed by atoms with van der Waals surface area (Å²) >= 11 is 0. The van der Waals surface area contributed by atoms with Crippen molar-refractivity contribution in [1.29, 1.82) is 0 Å². The molecule has 1 amide bonds. The number of esters is 1. The van der Waals surface area contributed by atoms with Crippen molar-refractivity contribution in [1.82, 2.24) is 9.78 Å². The van der Waals surface area contributed by atoms with E-state index in [1.54, 1.807) is 35.9 Å². The number of allylic oxidation sites excluding steroid dienone is 1. The number of hydrogen-bond acceptors (Lipinski definition) is 4. The normalized spacial score (nSPS) is 12.1. The van der Waals surface area contributed by atoms with Crippen LogP contribution in [0.25, 0.3) is 5.70 Å². The van der Waals surface area contributed by atoms with E-state index in [0.29, 0.717) is 28.9 Å². The zero-order valence-corrected chi connectivity index (χ0v) is 18.4. The lowest BCUT2D eigenvalue weighted by atomic mass is 10.0. The highest BCUT2D eigenvalue weighted by molar-refractivity contribution is 6.03. The highest BCUT2D eigenvalue weighted by Gasteiger charge is 2.19. The summed E-state index contributed by atoms with van der Waals surface area (Å²) < 4.78 is 6.49. The molecule has 0 saturated carbocycles. The molecule has 0 saturated heterocycles. The third kappa shape index (κ3) is 4.06. The molecule has 32 heavy (non-hydrogen) atoms. The van der Waals surface area contributed by atoms with E-state index in [-0.39, 0.29) is 11.6 Å². The molecule has 6 nitrogen and oxygen atoms in total. The zero-order chi connectivity index (χ0) is 22.8. The second kappa shape index (κ2) is 8.56. The Balaban J connectivity index is 1.62. The van der Waals surface area contributed by atoms with Crippen LogP contribution >= 0.6 is 0 Å². The number of aromatic nitrogens is 2. The van der Waals surface area contributed by atoms with Crippen LogP contribution in [0.3, 0.4) is 0 Å². The summed E-state index contributed by atoms with van der Waals surface area (Å²) in [6, 6.07) is 13.0. The minimum absolute atomic E-state index is 0.264. The van der Waals surface area contributed by atoms with Gasteiger partial charge in [-0.2, -0.15) is 5.10 Å². The van der Waals surface area contributed by atoms with Gasteiger partial charge in [0.1, 0.15) is 5.69 Å². The molecule has 1 aliphatic rings. The number of anilines is 1. The van der Waals surface area contributed by atoms with Crippen LogP contribution in [0, 0.1) is 32.6 Å². The molecule has 0 atom stereocenters. The highest BCUT2D eigenvalue weighted by atomic mass is 16.5. The first kappa shape index (κ1) is 21.1. The van der Waals surface area contributed by atoms with Crippen LogP contribution < -0.4 is 5.32 Å². The number of amides is 1. The molecule has 2 heterocycles. The molecule has 4 rings (SSSR count). The lowest BCUT2D eigenvalue weighted by Crippen LogP contribution is -2.14. The van der Waals surface area contributed by atoms with E-state index in [4.69, 9.17) is 4.74 Å². The molecule has 0 radical (unpaired) electrons. The largest absolute Gasteiger partial charge is 0.465 e. The Hall–Kier alpha value is -4.11. The number of ether oxygens (including phenoxy) is 1. The van der Waals surface area contributed by atoms with Gasteiger partial charge in [-0.3, -0.25) is 4.79 Å². The minimum atomic E-state index is -0.414. The molecule has 1 N–H and O–H groups in total. The number of aryl methyl sites for hydroxylation is 3. The van der Waals surface area contributed by atoms with Gasteiger partial charge in [-0.15, -0.1) is 0 Å². The number of benzene rings is 2. The predicted octanol–water partition coefficient (Wildman–Crippen LogP) is 4.49. The zero-order valence-electron chi connectivity index (χ0n) is 18.4. The van der Waals surface area contributed by atoms with Gasteiger partial charge in [0.05, 0.1) is 18.4 Å². The second-order valence-corrected chi connectivity index (χ2v) is 7.70. The summed E-state index contributed by atoms with van der Waals surface area (Å²) in [5.41, 5.74) is 6.97. The Bertz CT molecular complexity index is 1340. The van der Waals surface area contributed by atoms with E-state index in [1.165, 1.54) is 18.2 Å². The van der Waals surface area contributed by atoms with E-state index >= 15 is 0 Å². The highest BCUT2D eigenvalue weighted by Crippen LogP contribution is 2.24. The molecule has 3 aromatic rings. The molecule has 0 spiro atoms. The standard InChI is InChI=1S/C26H23N3O3/c1-16-9-10-19(13-17(16)2)24-8-6-5-7-21-15-23(28-29(21)24)25(30)27-20-11-12-22(18(3)14-20)26(31)32-4/h8-15H,6H2,1-4H3,(H,27,30). The third-order valence-corrected chi connectivity index (χ3v) is 5.48. The molecule has 0 bridgehead atoms. The molecule has 0 aliphatic carbocycles. The SMILES string of the molecule is COC(=O)c1ccc(NC(=O)c2cc3n(n2)C(c2ccc(C)c(C)c2)=CCC#C3)cc1C. The van der Waals surface area contributed by atoms with Crippen LogP contribution in [0.4, 0.5) is 5.69 Å². The molecule has 1 aromatic heterocycles. The number of hydrogen-bond donors (Lipinski definition) is 1. The quantitative estimate of drug-likeness (QED) is 0.494. The van der Waals surface area contributed by atoms with Gasteiger partial charge >= 0.3 is 5.97 Å². The van der Waals surface area contributed by atoms with Crippen molar-refractivity contribution in [3.63, 3.8) is 0 Å². The number of carbonyl (C=O) groups is 2. The molecule has 1 aliphatic heterocycles. The first-order valence-electron chi connectivity index (χ1n) is 10.2. The van der Waals surface area contributed by atoms with E-state index < -0.39 is 5.97 Å². The Morgan fingerprint density at radius 1 is 1.03 bits per heavy atom. The average molecular weight is 425 g/mol. The van der Waals surface area contributed by atoms with Crippen LogP contribution in [-0.4, -0.2) is 28.8 Å². The van der Waals surface area contributed by atoms with Crippen molar-refractivity contribution in [3.8, 4) is 11.8 Å². The van der Waals surface area contributed by atoms with Gasteiger partial charge in [0.2, 0.25) is 0 Å². The number of rotatable bonds is 4. The molecule has 160 valence electrons. The summed E-state index contributed by atoms with van der Waals surface area (Å²) in [7, 11) is 1.34. The van der Waals surface area contributed by atoms with Gasteiger partial charge in [0.25, 0.3) is 5.91 Å². The van der Waals surface area contributed by atoms with Crippen LogP contribution in [0.15, 0.2) is 48.5 Å². The Morgan fingerprint density at radius 3 is 2.56 bits per heavy atom. The maximum absolute atomic E-state index is 12.9. The molecule has 0 fully saturated rings. The topological polar surface area (TPSA) is 73.2 Å². The van der Waals surface area contributed by atoms with E-state index in [9.17, 15) is 9.59 Å². The van der Waals surface area contributed by atoms with Gasteiger partial charge in [-0.25, -0.2) is 9.48 Å². The van der Waals surface area contributed by atoms with E-state index in [2.05, 4.69) is 54.3 Å². The van der Waals surface area contributed by atoms with Crippen LogP contribution in [0.1, 0.15) is 55.2 Å². The predicted molar refractivity (Wildman–Crippen MR) is 123 cm³/mol. The first-order chi connectivity index (χ1) is 15.4. The van der Waals surface area contributed by atoms with Gasteiger partial charge in [0.15, 0.2) is 5.69 Å². The van der Waals surface area contributed by atoms with Crippen molar-refractivity contribution < 1.29 is 14.3 Å². The third-order valence-electron chi connectivity index (χ3n) is 5.48. The van der Waals surface area contributed by atoms with Gasteiger partial charge < -0.3 is 10.1 Å². The van der Waals surface area contributed by atoms with Gasteiger partial charge in [-0.05, 0) is 73.7 Å². The van der Waals surface area contributed by atoms with Crippen molar-refractivity contribution >= 4 is 23.3 Å². The van der Waals surface area contributed by atoms with E-state index in [0.717, 1.165) is 11.3 Å². The first-order valence-corrected chi connectivity index (χ1v) is 10.2. The fraction of sp³-hybridized carbons (Fsp3) is 0.192. The monoisotopic (exact) mass is 425 g/mol. The van der Waals surface area contributed by atoms with E-state index in [1.807, 2.05) is 6.08 Å². The summed E-state index contributed by atoms with van der Waals surface area (Å²) in [5.74, 6) is 5.43. The number of nitrogens with zero attached hydrogens (tertiary/aromatic N) is 2. The number of fused-ring (bicyclic) bond motifs is 1. The fourth-order valence-electron chi connectivity index (χ4n) is 3.56. The lowest BCUT2D eigenvalue weighted by molar-refractivity contribution is 0.0600. The molecular formula is C26H23N3O3. The molecule has 6 heteroatoms. The summed E-state index contributed by atoms with van der Waals surface area (Å²) in [4.78, 5) is 24.7. The Morgan fingerprint density at radius 2 is 1.84 bits per heavy atom. The minimum Gasteiger partial charge on any atom is -0.465 e. The van der Waals surface area contributed by atoms with Crippen LogP contribution in [0.5, 0.6) is 0 Å². The van der Waals surface area contributed by atoms with Crippen molar-refractivity contribution in [2.24, 2.45) is 0 Å². The summed E-state index contributed by atoms with van der Waals surface area (Å²) in [6.45, 7) is 5.94. The maximum atomic E-state index is 12.9. The number of nitrogens with one attached hydrogen (secondary N) is 1. The van der Waals surface area contributed by atoms with Crippen LogP contribution in [0.2, 0.25) is 0 Å². The smallest absolute Gasteiger partial charge is 0.338 e.